The fraction of sp³-hybridized carbons (Fsp3) is 0.188. The second-order valence-corrected chi connectivity index (χ2v) is 5.99. The predicted molar refractivity (Wildman–Crippen MR) is 92.7 cm³/mol. The fourth-order valence-electron chi connectivity index (χ4n) is 2.26. The number of aromatic amines is 1. The van der Waals surface area contributed by atoms with E-state index in [2.05, 4.69) is 20.6 Å². The van der Waals surface area contributed by atoms with Crippen molar-refractivity contribution >= 4 is 39.2 Å². The van der Waals surface area contributed by atoms with Gasteiger partial charge in [0.2, 0.25) is 5.91 Å². The summed E-state index contributed by atoms with van der Waals surface area (Å²) in [6, 6.07) is 7.21. The minimum atomic E-state index is -0.362. The third kappa shape index (κ3) is 3.38. The lowest BCUT2D eigenvalue weighted by Crippen LogP contribution is -2.33. The van der Waals surface area contributed by atoms with E-state index in [9.17, 15) is 9.59 Å². The van der Waals surface area contributed by atoms with E-state index in [1.165, 1.54) is 11.3 Å². The molecule has 0 unspecified atom stereocenters. The molecule has 7 nitrogen and oxygen atoms in total. The topological polar surface area (TPSA) is 96.1 Å². The number of ether oxygens (including phenoxy) is 1. The number of aryl methyl sites for hydroxylation is 1. The van der Waals surface area contributed by atoms with Crippen LogP contribution in [0.5, 0.6) is 5.75 Å². The van der Waals surface area contributed by atoms with Crippen molar-refractivity contribution in [2.45, 2.75) is 6.92 Å². The van der Waals surface area contributed by atoms with Gasteiger partial charge in [0.15, 0.2) is 5.13 Å². The molecule has 2 amide bonds. The number of carbonyl (C=O) groups excluding carboxylic acids is 2. The molecular weight excluding hydrogens is 328 g/mol. The first-order valence-corrected chi connectivity index (χ1v) is 8.10. The van der Waals surface area contributed by atoms with Crippen molar-refractivity contribution < 1.29 is 14.3 Å². The van der Waals surface area contributed by atoms with Crippen LogP contribution >= 0.6 is 11.3 Å². The molecule has 0 atom stereocenters. The fourth-order valence-corrected chi connectivity index (χ4v) is 2.96. The van der Waals surface area contributed by atoms with E-state index < -0.39 is 0 Å². The van der Waals surface area contributed by atoms with Gasteiger partial charge in [0.25, 0.3) is 5.91 Å². The Labute approximate surface area is 142 Å². The van der Waals surface area contributed by atoms with E-state index in [1.54, 1.807) is 13.2 Å². The molecule has 0 fully saturated rings. The predicted octanol–water partition coefficient (Wildman–Crippen LogP) is 2.31. The lowest BCUT2D eigenvalue weighted by molar-refractivity contribution is -0.115. The van der Waals surface area contributed by atoms with Crippen molar-refractivity contribution in [3.05, 3.63) is 41.0 Å². The molecule has 0 aliphatic carbocycles. The van der Waals surface area contributed by atoms with E-state index >= 15 is 0 Å². The monoisotopic (exact) mass is 344 g/mol. The first-order chi connectivity index (χ1) is 11.6. The van der Waals surface area contributed by atoms with E-state index in [1.807, 2.05) is 30.5 Å². The van der Waals surface area contributed by atoms with Gasteiger partial charge < -0.3 is 20.4 Å². The molecule has 8 heteroatoms. The van der Waals surface area contributed by atoms with Gasteiger partial charge in [-0.3, -0.25) is 9.59 Å². The molecule has 0 aliphatic rings. The van der Waals surface area contributed by atoms with Crippen molar-refractivity contribution in [1.82, 2.24) is 15.3 Å². The molecule has 2 aromatic heterocycles. The number of aromatic nitrogens is 2. The molecule has 0 bridgehead atoms. The number of rotatable bonds is 5. The van der Waals surface area contributed by atoms with Crippen LogP contribution in [0.4, 0.5) is 5.13 Å². The molecule has 0 spiro atoms. The first-order valence-electron chi connectivity index (χ1n) is 7.22. The maximum atomic E-state index is 12.2. The highest BCUT2D eigenvalue weighted by Gasteiger charge is 2.13. The van der Waals surface area contributed by atoms with E-state index in [0.29, 0.717) is 16.6 Å². The Morgan fingerprint density at radius 3 is 2.92 bits per heavy atom. The second kappa shape index (κ2) is 6.71. The summed E-state index contributed by atoms with van der Waals surface area (Å²) in [6.07, 6.45) is 0. The summed E-state index contributed by atoms with van der Waals surface area (Å²) < 4.78 is 5.27. The van der Waals surface area contributed by atoms with Crippen LogP contribution in [0.25, 0.3) is 10.9 Å². The molecule has 3 rings (SSSR count). The number of anilines is 1. The molecular formula is C16H16N4O3S. The Hall–Kier alpha value is -2.87. The van der Waals surface area contributed by atoms with E-state index in [-0.39, 0.29) is 18.4 Å². The molecule has 0 radical (unpaired) electrons. The van der Waals surface area contributed by atoms with Gasteiger partial charge in [0.05, 0.1) is 19.3 Å². The quantitative estimate of drug-likeness (QED) is 0.662. The van der Waals surface area contributed by atoms with Crippen LogP contribution in [0.15, 0.2) is 29.6 Å². The molecule has 0 aliphatic heterocycles. The Kier molecular flexibility index (Phi) is 4.48. The number of thiazole rings is 1. The molecule has 124 valence electrons. The van der Waals surface area contributed by atoms with Gasteiger partial charge in [-0.25, -0.2) is 4.98 Å². The summed E-state index contributed by atoms with van der Waals surface area (Å²) in [5.41, 5.74) is 2.00. The van der Waals surface area contributed by atoms with E-state index in [4.69, 9.17) is 4.74 Å². The van der Waals surface area contributed by atoms with Gasteiger partial charge in [-0.15, -0.1) is 11.3 Å². The average molecular weight is 344 g/mol. The highest BCUT2D eigenvalue weighted by atomic mass is 32.1. The van der Waals surface area contributed by atoms with Crippen LogP contribution in [-0.4, -0.2) is 35.4 Å². The van der Waals surface area contributed by atoms with Crippen LogP contribution in [0.3, 0.4) is 0 Å². The highest BCUT2D eigenvalue weighted by Crippen LogP contribution is 2.25. The summed E-state index contributed by atoms with van der Waals surface area (Å²) in [4.78, 5) is 31.2. The molecule has 24 heavy (non-hydrogen) atoms. The Morgan fingerprint density at radius 1 is 1.38 bits per heavy atom. The van der Waals surface area contributed by atoms with Crippen LogP contribution in [0, 0.1) is 6.92 Å². The van der Waals surface area contributed by atoms with Crippen molar-refractivity contribution in [1.29, 1.82) is 0 Å². The molecule has 3 N–H and O–H groups in total. The summed E-state index contributed by atoms with van der Waals surface area (Å²) in [5, 5.41) is 8.38. The molecule has 0 saturated heterocycles. The summed E-state index contributed by atoms with van der Waals surface area (Å²) in [6.45, 7) is 1.71. The zero-order chi connectivity index (χ0) is 17.1. The lowest BCUT2D eigenvalue weighted by atomic mass is 10.2. The summed E-state index contributed by atoms with van der Waals surface area (Å²) in [5.74, 6) is -0.00945. The highest BCUT2D eigenvalue weighted by molar-refractivity contribution is 7.13. The zero-order valence-electron chi connectivity index (χ0n) is 13.2. The normalized spacial score (nSPS) is 10.6. The summed E-state index contributed by atoms with van der Waals surface area (Å²) >= 11 is 1.34. The number of fused-ring (bicyclic) bond motifs is 1. The molecule has 1 aromatic carbocycles. The molecule has 0 saturated carbocycles. The number of hydrogen-bond acceptors (Lipinski definition) is 5. The molecule has 2 heterocycles. The van der Waals surface area contributed by atoms with Gasteiger partial charge in [0.1, 0.15) is 11.4 Å². The number of benzene rings is 1. The van der Waals surface area contributed by atoms with Gasteiger partial charge in [0, 0.05) is 16.3 Å². The number of H-pyrrole nitrogens is 1. The maximum Gasteiger partial charge on any atom is 0.268 e. The smallest absolute Gasteiger partial charge is 0.268 e. The first kappa shape index (κ1) is 16.0. The second-order valence-electron chi connectivity index (χ2n) is 5.13. The van der Waals surface area contributed by atoms with Crippen molar-refractivity contribution in [2.24, 2.45) is 0 Å². The van der Waals surface area contributed by atoms with E-state index in [0.717, 1.165) is 16.6 Å². The Bertz CT molecular complexity index is 900. The SMILES string of the molecule is COc1cccc2[nH]c(C(=O)NCC(=O)Nc3nc(C)cs3)cc12. The Morgan fingerprint density at radius 2 is 2.21 bits per heavy atom. The zero-order valence-corrected chi connectivity index (χ0v) is 14.0. The standard InChI is InChI=1S/C16H16N4O3S/c1-9-8-24-16(18-9)20-14(21)7-17-15(22)12-6-10-11(19-12)4-3-5-13(10)23-2/h3-6,8,19H,7H2,1-2H3,(H,17,22)(H,18,20,21). The van der Waals surface area contributed by atoms with Crippen LogP contribution in [0.2, 0.25) is 0 Å². The minimum absolute atomic E-state index is 0.135. The number of methoxy groups -OCH3 is 1. The van der Waals surface area contributed by atoms with Gasteiger partial charge >= 0.3 is 0 Å². The largest absolute Gasteiger partial charge is 0.496 e. The van der Waals surface area contributed by atoms with Crippen molar-refractivity contribution in [2.75, 3.05) is 19.0 Å². The minimum Gasteiger partial charge on any atom is -0.496 e. The average Bonchev–Trinajstić information content (AvgIpc) is 3.18. The van der Waals surface area contributed by atoms with Crippen LogP contribution < -0.4 is 15.4 Å². The van der Waals surface area contributed by atoms with Crippen molar-refractivity contribution in [3.63, 3.8) is 0 Å². The maximum absolute atomic E-state index is 12.2. The number of hydrogen-bond donors (Lipinski definition) is 3. The van der Waals surface area contributed by atoms with Crippen LogP contribution in [0.1, 0.15) is 16.2 Å². The van der Waals surface area contributed by atoms with Crippen molar-refractivity contribution in [3.8, 4) is 5.75 Å². The Balaban J connectivity index is 1.63. The number of carbonyl (C=O) groups is 2. The molecule has 3 aromatic rings. The van der Waals surface area contributed by atoms with Crippen LogP contribution in [-0.2, 0) is 4.79 Å². The number of nitrogens with zero attached hydrogens (tertiary/aromatic N) is 1. The number of nitrogens with one attached hydrogen (secondary N) is 3. The number of amides is 2. The van der Waals surface area contributed by atoms with Gasteiger partial charge in [-0.1, -0.05) is 6.07 Å². The van der Waals surface area contributed by atoms with Gasteiger partial charge in [-0.05, 0) is 25.1 Å². The summed E-state index contributed by atoms with van der Waals surface area (Å²) in [7, 11) is 1.58. The lowest BCUT2D eigenvalue weighted by Gasteiger charge is -2.03. The van der Waals surface area contributed by atoms with Gasteiger partial charge in [-0.2, -0.15) is 0 Å². The third-order valence-corrected chi connectivity index (χ3v) is 4.24. The third-order valence-electron chi connectivity index (χ3n) is 3.36.